The summed E-state index contributed by atoms with van der Waals surface area (Å²) >= 11 is 0. The van der Waals surface area contributed by atoms with E-state index in [1.807, 2.05) is 0 Å². The number of benzene rings is 1. The summed E-state index contributed by atoms with van der Waals surface area (Å²) in [4.78, 5) is 48.2. The lowest BCUT2D eigenvalue weighted by molar-refractivity contribution is -0.138. The minimum atomic E-state index is -0.838. The zero-order chi connectivity index (χ0) is 16.4. The number of hydrazine groups is 1. The van der Waals surface area contributed by atoms with Gasteiger partial charge in [-0.15, -0.1) is 5.43 Å². The fraction of sp³-hybridized carbons (Fsp3) is 0.333. The first-order valence-corrected chi connectivity index (χ1v) is 7.35. The van der Waals surface area contributed by atoms with Crippen molar-refractivity contribution in [1.29, 1.82) is 0 Å². The molecule has 5 amide bonds. The second kappa shape index (κ2) is 6.07. The largest absolute Gasteiger partial charge is 0.384 e. The lowest BCUT2D eigenvalue weighted by atomic mass is 10.3. The average Bonchev–Trinajstić information content (AvgIpc) is 3.09. The van der Waals surface area contributed by atoms with Crippen molar-refractivity contribution in [2.24, 2.45) is 0 Å². The van der Waals surface area contributed by atoms with Gasteiger partial charge in [-0.1, -0.05) is 18.2 Å². The van der Waals surface area contributed by atoms with Crippen LogP contribution in [0.1, 0.15) is 25.7 Å². The van der Waals surface area contributed by atoms with Crippen LogP contribution in [0.2, 0.25) is 0 Å². The van der Waals surface area contributed by atoms with Crippen LogP contribution < -0.4 is 10.4 Å². The molecule has 2 aliphatic rings. The first-order chi connectivity index (χ1) is 11.1. The zero-order valence-electron chi connectivity index (χ0n) is 12.3. The molecule has 0 bridgehead atoms. The van der Waals surface area contributed by atoms with Gasteiger partial charge in [0.25, 0.3) is 0 Å². The molecule has 0 aromatic heterocycles. The number of anilines is 1. The number of amides is 5. The van der Waals surface area contributed by atoms with Crippen LogP contribution in [0.25, 0.3) is 0 Å². The van der Waals surface area contributed by atoms with Crippen LogP contribution in [0.5, 0.6) is 0 Å². The van der Waals surface area contributed by atoms with E-state index in [4.69, 9.17) is 0 Å². The third-order valence-electron chi connectivity index (χ3n) is 3.66. The molecular weight excluding hydrogens is 300 g/mol. The van der Waals surface area contributed by atoms with E-state index in [1.165, 1.54) is 0 Å². The standard InChI is InChI=1S/C15H15N4O4/c20-12-7-4-10-17(12)16-15(23)18(11-5-2-1-3-6-11)19-13(21)8-9-14(19)22/h1-3,5-6H,4,7-10H2. The molecule has 1 aromatic rings. The number of carbonyl (C=O) groups is 4. The van der Waals surface area contributed by atoms with Crippen LogP contribution in [-0.2, 0) is 14.4 Å². The number of rotatable bonds is 3. The monoisotopic (exact) mass is 315 g/mol. The van der Waals surface area contributed by atoms with E-state index in [1.54, 1.807) is 30.3 Å². The topological polar surface area (TPSA) is 92.1 Å². The zero-order valence-corrected chi connectivity index (χ0v) is 12.3. The Hall–Kier alpha value is -2.90. The van der Waals surface area contributed by atoms with E-state index in [0.29, 0.717) is 25.1 Å². The maximum absolute atomic E-state index is 12.5. The molecule has 0 N–H and O–H groups in total. The van der Waals surface area contributed by atoms with Crippen LogP contribution in [0.15, 0.2) is 30.3 Å². The smallest absolute Gasteiger partial charge is 0.273 e. The number of imide groups is 1. The summed E-state index contributed by atoms with van der Waals surface area (Å²) in [7, 11) is 0. The van der Waals surface area contributed by atoms with Crippen molar-refractivity contribution in [2.45, 2.75) is 25.7 Å². The predicted molar refractivity (Wildman–Crippen MR) is 78.5 cm³/mol. The first kappa shape index (κ1) is 15.0. The van der Waals surface area contributed by atoms with Gasteiger partial charge in [-0.2, -0.15) is 10.0 Å². The van der Waals surface area contributed by atoms with E-state index in [9.17, 15) is 19.2 Å². The SMILES string of the molecule is O=C1CCCN1[N]C(=O)N(c1ccccc1)N1C(=O)CCC1=O. The van der Waals surface area contributed by atoms with Crippen molar-refractivity contribution in [3.63, 3.8) is 0 Å². The van der Waals surface area contributed by atoms with Gasteiger partial charge in [-0.05, 0) is 18.6 Å². The summed E-state index contributed by atoms with van der Waals surface area (Å²) in [5, 5.41) is 2.83. The first-order valence-electron chi connectivity index (χ1n) is 7.35. The minimum Gasteiger partial charge on any atom is -0.273 e. The Bertz CT molecular complexity index is 645. The van der Waals surface area contributed by atoms with E-state index in [-0.39, 0.29) is 18.7 Å². The molecule has 2 fully saturated rings. The molecule has 3 rings (SSSR count). The summed E-state index contributed by atoms with van der Waals surface area (Å²) < 4.78 is 0. The molecule has 0 atom stereocenters. The van der Waals surface area contributed by atoms with Crippen LogP contribution >= 0.6 is 0 Å². The van der Waals surface area contributed by atoms with Gasteiger partial charge < -0.3 is 0 Å². The summed E-state index contributed by atoms with van der Waals surface area (Å²) in [5.41, 5.74) is 4.12. The normalized spacial score (nSPS) is 17.8. The van der Waals surface area contributed by atoms with Crippen molar-refractivity contribution in [3.8, 4) is 0 Å². The van der Waals surface area contributed by atoms with Crippen molar-refractivity contribution in [3.05, 3.63) is 30.3 Å². The highest BCUT2D eigenvalue weighted by Gasteiger charge is 2.39. The fourth-order valence-corrected chi connectivity index (χ4v) is 2.55. The van der Waals surface area contributed by atoms with Gasteiger partial charge in [0, 0.05) is 25.8 Å². The molecule has 119 valence electrons. The molecule has 8 heteroatoms. The Morgan fingerprint density at radius 2 is 1.61 bits per heavy atom. The van der Waals surface area contributed by atoms with Crippen molar-refractivity contribution in [1.82, 2.24) is 15.4 Å². The van der Waals surface area contributed by atoms with Crippen LogP contribution in [0, 0.1) is 0 Å². The van der Waals surface area contributed by atoms with Gasteiger partial charge in [0.2, 0.25) is 17.7 Å². The highest BCUT2D eigenvalue weighted by atomic mass is 16.2. The number of urea groups is 1. The molecule has 0 saturated carbocycles. The number of carbonyl (C=O) groups excluding carboxylic acids is 4. The van der Waals surface area contributed by atoms with E-state index >= 15 is 0 Å². The highest BCUT2D eigenvalue weighted by Crippen LogP contribution is 2.23. The van der Waals surface area contributed by atoms with Gasteiger partial charge in [-0.25, -0.2) is 9.80 Å². The van der Waals surface area contributed by atoms with Gasteiger partial charge in [0.1, 0.15) is 0 Å². The molecule has 1 radical (unpaired) electrons. The molecule has 0 unspecified atom stereocenters. The number of hydrogen-bond acceptors (Lipinski definition) is 4. The molecule has 2 aliphatic heterocycles. The Labute approximate surface area is 132 Å². The Morgan fingerprint density at radius 3 is 2.17 bits per heavy atom. The van der Waals surface area contributed by atoms with E-state index in [2.05, 4.69) is 5.43 Å². The fourth-order valence-electron chi connectivity index (χ4n) is 2.55. The quantitative estimate of drug-likeness (QED) is 0.772. The van der Waals surface area contributed by atoms with Gasteiger partial charge in [0.15, 0.2) is 0 Å². The van der Waals surface area contributed by atoms with Gasteiger partial charge in [0.05, 0.1) is 5.69 Å². The summed E-state index contributed by atoms with van der Waals surface area (Å²) in [6, 6.07) is 7.47. The van der Waals surface area contributed by atoms with Gasteiger partial charge in [-0.3, -0.25) is 14.4 Å². The molecule has 8 nitrogen and oxygen atoms in total. The van der Waals surface area contributed by atoms with Crippen LogP contribution in [0.4, 0.5) is 10.5 Å². The minimum absolute atomic E-state index is 0.0537. The van der Waals surface area contributed by atoms with Gasteiger partial charge >= 0.3 is 6.03 Å². The summed E-state index contributed by atoms with van der Waals surface area (Å²) in [6.07, 6.45) is 1.07. The maximum atomic E-state index is 12.5. The Kier molecular flexibility index (Phi) is 3.96. The second-order valence-electron chi connectivity index (χ2n) is 5.25. The lowest BCUT2D eigenvalue weighted by Crippen LogP contribution is -2.54. The number of nitrogens with zero attached hydrogens (tertiary/aromatic N) is 4. The van der Waals surface area contributed by atoms with E-state index < -0.39 is 17.8 Å². The Morgan fingerprint density at radius 1 is 0.957 bits per heavy atom. The molecule has 0 spiro atoms. The molecule has 2 heterocycles. The predicted octanol–water partition coefficient (Wildman–Crippen LogP) is 0.819. The van der Waals surface area contributed by atoms with E-state index in [0.717, 1.165) is 15.0 Å². The van der Waals surface area contributed by atoms with Crippen LogP contribution in [-0.4, -0.2) is 40.3 Å². The van der Waals surface area contributed by atoms with Crippen molar-refractivity contribution < 1.29 is 19.2 Å². The summed E-state index contributed by atoms with van der Waals surface area (Å²) in [6.45, 7) is 0.356. The maximum Gasteiger partial charge on any atom is 0.384 e. The highest BCUT2D eigenvalue weighted by molar-refractivity contribution is 6.08. The lowest BCUT2D eigenvalue weighted by Gasteiger charge is -2.30. The third-order valence-corrected chi connectivity index (χ3v) is 3.66. The third kappa shape index (κ3) is 2.87. The Balaban J connectivity index is 1.89. The number of hydrogen-bond donors (Lipinski definition) is 0. The van der Waals surface area contributed by atoms with Crippen molar-refractivity contribution >= 4 is 29.4 Å². The molecule has 23 heavy (non-hydrogen) atoms. The van der Waals surface area contributed by atoms with Crippen LogP contribution in [0.3, 0.4) is 0 Å². The molecule has 1 aromatic carbocycles. The molecular formula is C15H15N4O4. The molecule has 2 saturated heterocycles. The van der Waals surface area contributed by atoms with Crippen molar-refractivity contribution in [2.75, 3.05) is 11.6 Å². The number of para-hydroxylation sites is 1. The second-order valence-corrected chi connectivity index (χ2v) is 5.25. The average molecular weight is 315 g/mol. The molecule has 0 aliphatic carbocycles. The summed E-state index contributed by atoms with van der Waals surface area (Å²) in [5.74, 6) is -1.17.